The average Bonchev–Trinajstić information content (AvgIpc) is 3.21. The van der Waals surface area contributed by atoms with Crippen molar-refractivity contribution in [1.29, 1.82) is 5.26 Å². The van der Waals surface area contributed by atoms with Crippen LogP contribution < -0.4 is 10.1 Å². The average molecular weight is 244 g/mol. The molecule has 0 spiro atoms. The summed E-state index contributed by atoms with van der Waals surface area (Å²) >= 11 is 0. The molecule has 1 unspecified atom stereocenters. The van der Waals surface area contributed by atoms with Gasteiger partial charge < -0.3 is 10.1 Å². The maximum atomic E-state index is 8.43. The normalized spacial score (nSPS) is 16.0. The minimum Gasteiger partial charge on any atom is -0.479 e. The third-order valence-electron chi connectivity index (χ3n) is 3.38. The first-order chi connectivity index (χ1) is 8.79. The molecule has 1 saturated carbocycles. The van der Waals surface area contributed by atoms with E-state index in [2.05, 4.69) is 24.4 Å². The van der Waals surface area contributed by atoms with Gasteiger partial charge in [-0.2, -0.15) is 5.26 Å². The van der Waals surface area contributed by atoms with E-state index in [4.69, 9.17) is 10.00 Å². The van der Waals surface area contributed by atoms with E-state index in [1.807, 2.05) is 18.2 Å². The summed E-state index contributed by atoms with van der Waals surface area (Å²) in [4.78, 5) is 0. The number of nitrogens with zero attached hydrogens (tertiary/aromatic N) is 1. The lowest BCUT2D eigenvalue weighted by Gasteiger charge is -2.14. The van der Waals surface area contributed by atoms with Gasteiger partial charge in [-0.3, -0.25) is 0 Å². The highest BCUT2D eigenvalue weighted by atomic mass is 16.5. The number of benzene rings is 1. The molecule has 3 heteroatoms. The molecule has 1 N–H and O–H groups in total. The molecule has 3 nitrogen and oxygen atoms in total. The lowest BCUT2D eigenvalue weighted by Crippen LogP contribution is -2.20. The van der Waals surface area contributed by atoms with Crippen LogP contribution in [0.1, 0.15) is 37.8 Å². The van der Waals surface area contributed by atoms with Crippen molar-refractivity contribution in [2.75, 3.05) is 13.2 Å². The second-order valence-corrected chi connectivity index (χ2v) is 4.92. The van der Waals surface area contributed by atoms with Crippen LogP contribution in [0.15, 0.2) is 24.3 Å². The van der Waals surface area contributed by atoms with Crippen LogP contribution in [-0.4, -0.2) is 13.2 Å². The van der Waals surface area contributed by atoms with E-state index >= 15 is 0 Å². The highest BCUT2D eigenvalue weighted by Crippen LogP contribution is 2.32. The van der Waals surface area contributed by atoms with Crippen LogP contribution in [-0.2, 0) is 0 Å². The van der Waals surface area contributed by atoms with Crippen molar-refractivity contribution < 1.29 is 4.74 Å². The maximum absolute atomic E-state index is 8.43. The van der Waals surface area contributed by atoms with Crippen molar-refractivity contribution in [3.05, 3.63) is 29.8 Å². The number of nitriles is 1. The van der Waals surface area contributed by atoms with Crippen LogP contribution in [0.4, 0.5) is 0 Å². The summed E-state index contributed by atoms with van der Waals surface area (Å²) in [7, 11) is 0. The molecule has 1 aromatic carbocycles. The Labute approximate surface area is 109 Å². The van der Waals surface area contributed by atoms with Crippen LogP contribution in [0.25, 0.3) is 0 Å². The summed E-state index contributed by atoms with van der Waals surface area (Å²) in [6, 6.07) is 10.3. The predicted molar refractivity (Wildman–Crippen MR) is 71.3 cm³/mol. The van der Waals surface area contributed by atoms with Gasteiger partial charge in [-0.05, 0) is 43.5 Å². The predicted octanol–water partition coefficient (Wildman–Crippen LogP) is 3.04. The molecule has 0 radical (unpaired) electrons. The van der Waals surface area contributed by atoms with Crippen molar-refractivity contribution in [1.82, 2.24) is 5.32 Å². The molecule has 0 bridgehead atoms. The van der Waals surface area contributed by atoms with Gasteiger partial charge >= 0.3 is 0 Å². The summed E-state index contributed by atoms with van der Waals surface area (Å²) in [5, 5.41) is 12.0. The molecule has 1 aliphatic rings. The molecule has 0 saturated heterocycles. The smallest absolute Gasteiger partial charge is 0.174 e. The Morgan fingerprint density at radius 3 is 2.72 bits per heavy atom. The van der Waals surface area contributed by atoms with E-state index < -0.39 is 0 Å². The van der Waals surface area contributed by atoms with Gasteiger partial charge in [-0.1, -0.05) is 25.0 Å². The fourth-order valence-corrected chi connectivity index (χ4v) is 2.00. The van der Waals surface area contributed by atoms with Gasteiger partial charge in [0.15, 0.2) is 6.61 Å². The Bertz CT molecular complexity index is 403. The molecule has 1 aromatic rings. The third-order valence-corrected chi connectivity index (χ3v) is 3.38. The fourth-order valence-electron chi connectivity index (χ4n) is 2.00. The van der Waals surface area contributed by atoms with Crippen LogP contribution in [0.5, 0.6) is 5.75 Å². The van der Waals surface area contributed by atoms with E-state index in [1.165, 1.54) is 24.8 Å². The van der Waals surface area contributed by atoms with E-state index in [0.717, 1.165) is 18.2 Å². The number of hydrogen-bond donors (Lipinski definition) is 1. The SMILES string of the molecule is CC(NCCC1CC1)c1ccc(OCC#N)cc1. The summed E-state index contributed by atoms with van der Waals surface area (Å²) in [6.45, 7) is 3.38. The minimum absolute atomic E-state index is 0.106. The Balaban J connectivity index is 1.77. The molecule has 0 heterocycles. The molecule has 1 aliphatic carbocycles. The van der Waals surface area contributed by atoms with Crippen LogP contribution in [0, 0.1) is 17.2 Å². The van der Waals surface area contributed by atoms with Crippen LogP contribution in [0.3, 0.4) is 0 Å². The summed E-state index contributed by atoms with van der Waals surface area (Å²) in [6.07, 6.45) is 4.13. The second kappa shape index (κ2) is 6.42. The van der Waals surface area contributed by atoms with Crippen LogP contribution in [0.2, 0.25) is 0 Å². The van der Waals surface area contributed by atoms with Gasteiger partial charge in [0.25, 0.3) is 0 Å². The quantitative estimate of drug-likeness (QED) is 0.801. The highest BCUT2D eigenvalue weighted by molar-refractivity contribution is 5.29. The third kappa shape index (κ3) is 4.05. The highest BCUT2D eigenvalue weighted by Gasteiger charge is 2.20. The van der Waals surface area contributed by atoms with Gasteiger partial charge in [0.05, 0.1) is 0 Å². The molecular weight excluding hydrogens is 224 g/mol. The van der Waals surface area contributed by atoms with Gasteiger partial charge in [0, 0.05) is 6.04 Å². The second-order valence-electron chi connectivity index (χ2n) is 4.92. The zero-order valence-corrected chi connectivity index (χ0v) is 10.9. The zero-order chi connectivity index (χ0) is 12.8. The van der Waals surface area contributed by atoms with E-state index in [9.17, 15) is 0 Å². The molecule has 0 aromatic heterocycles. The molecule has 96 valence electrons. The number of ether oxygens (including phenoxy) is 1. The first-order valence-electron chi connectivity index (χ1n) is 6.62. The van der Waals surface area contributed by atoms with E-state index in [-0.39, 0.29) is 6.61 Å². The first-order valence-corrected chi connectivity index (χ1v) is 6.62. The van der Waals surface area contributed by atoms with E-state index in [1.54, 1.807) is 0 Å². The van der Waals surface area contributed by atoms with Crippen molar-refractivity contribution >= 4 is 0 Å². The molecule has 18 heavy (non-hydrogen) atoms. The number of nitrogens with one attached hydrogen (secondary N) is 1. The maximum Gasteiger partial charge on any atom is 0.174 e. The molecule has 1 atom stereocenters. The summed E-state index contributed by atoms with van der Waals surface area (Å²) in [5.74, 6) is 1.73. The van der Waals surface area contributed by atoms with Crippen molar-refractivity contribution in [3.8, 4) is 11.8 Å². The monoisotopic (exact) mass is 244 g/mol. The lowest BCUT2D eigenvalue weighted by atomic mass is 10.1. The lowest BCUT2D eigenvalue weighted by molar-refractivity contribution is 0.368. The minimum atomic E-state index is 0.106. The largest absolute Gasteiger partial charge is 0.479 e. The molecule has 0 aliphatic heterocycles. The van der Waals surface area contributed by atoms with Crippen molar-refractivity contribution in [2.24, 2.45) is 5.92 Å². The number of hydrogen-bond acceptors (Lipinski definition) is 3. The Morgan fingerprint density at radius 2 is 2.11 bits per heavy atom. The topological polar surface area (TPSA) is 45.0 Å². The van der Waals surface area contributed by atoms with Gasteiger partial charge in [0.1, 0.15) is 11.8 Å². The Kier molecular flexibility index (Phi) is 4.60. The summed E-state index contributed by atoms with van der Waals surface area (Å²) < 4.78 is 5.23. The molecular formula is C15H20N2O. The van der Waals surface area contributed by atoms with E-state index in [0.29, 0.717) is 6.04 Å². The standard InChI is InChI=1S/C15H20N2O/c1-12(17-10-8-13-2-3-13)14-4-6-15(7-5-14)18-11-9-16/h4-7,12-13,17H,2-3,8,10-11H2,1H3. The Morgan fingerprint density at radius 1 is 1.39 bits per heavy atom. The van der Waals surface area contributed by atoms with Crippen molar-refractivity contribution in [3.63, 3.8) is 0 Å². The van der Waals surface area contributed by atoms with Gasteiger partial charge in [-0.25, -0.2) is 0 Å². The zero-order valence-electron chi connectivity index (χ0n) is 10.9. The summed E-state index contributed by atoms with van der Waals surface area (Å²) in [5.41, 5.74) is 1.26. The molecule has 1 fully saturated rings. The Hall–Kier alpha value is -1.53. The van der Waals surface area contributed by atoms with Crippen LogP contribution >= 0.6 is 0 Å². The molecule has 2 rings (SSSR count). The van der Waals surface area contributed by atoms with Gasteiger partial charge in [0.2, 0.25) is 0 Å². The number of rotatable bonds is 7. The van der Waals surface area contributed by atoms with Gasteiger partial charge in [-0.15, -0.1) is 0 Å². The fraction of sp³-hybridized carbons (Fsp3) is 0.533. The molecule has 0 amide bonds. The van der Waals surface area contributed by atoms with Crippen molar-refractivity contribution in [2.45, 2.75) is 32.2 Å². The first kappa shape index (κ1) is 12.9.